The summed E-state index contributed by atoms with van der Waals surface area (Å²) < 4.78 is 0. The second-order valence-electron chi connectivity index (χ2n) is 8.51. The third-order valence-electron chi connectivity index (χ3n) is 6.31. The van der Waals surface area contributed by atoms with Gasteiger partial charge in [-0.15, -0.1) is 11.6 Å². The van der Waals surface area contributed by atoms with Crippen molar-refractivity contribution in [3.63, 3.8) is 0 Å². The van der Waals surface area contributed by atoms with Gasteiger partial charge in [-0.2, -0.15) is 5.26 Å². The summed E-state index contributed by atoms with van der Waals surface area (Å²) in [5.74, 6) is -0.0941. The third-order valence-corrected chi connectivity index (χ3v) is 6.97. The van der Waals surface area contributed by atoms with Gasteiger partial charge in [-0.25, -0.2) is 0 Å². The van der Waals surface area contributed by atoms with E-state index in [9.17, 15) is 9.59 Å². The first-order chi connectivity index (χ1) is 16.4. The van der Waals surface area contributed by atoms with E-state index in [0.29, 0.717) is 35.8 Å². The highest BCUT2D eigenvalue weighted by atomic mass is 35.5. The predicted molar refractivity (Wildman–Crippen MR) is 135 cm³/mol. The van der Waals surface area contributed by atoms with E-state index >= 15 is 0 Å². The lowest BCUT2D eigenvalue weighted by atomic mass is 9.89. The van der Waals surface area contributed by atoms with E-state index in [1.165, 1.54) is 11.8 Å². The minimum Gasteiger partial charge on any atom is -0.339 e. The number of nitrogens with one attached hydrogen (secondary N) is 1. The lowest BCUT2D eigenvalue weighted by Gasteiger charge is -2.32. The molecule has 0 saturated carbocycles. The number of piperidine rings is 1. The third kappa shape index (κ3) is 5.16. The average molecular weight is 495 g/mol. The maximum atomic E-state index is 13.2. The fourth-order valence-corrected chi connectivity index (χ4v) is 4.93. The van der Waals surface area contributed by atoms with E-state index in [1.807, 2.05) is 42.2 Å². The number of carbonyl (C=O) groups excluding carboxylic acids is 2. The molecule has 0 radical (unpaired) electrons. The van der Waals surface area contributed by atoms with E-state index in [1.54, 1.807) is 12.1 Å². The van der Waals surface area contributed by atoms with Gasteiger partial charge in [0.2, 0.25) is 0 Å². The lowest BCUT2D eigenvalue weighted by molar-refractivity contribution is -0.113. The van der Waals surface area contributed by atoms with Gasteiger partial charge in [0.05, 0.1) is 34.2 Å². The molecule has 0 aliphatic carbocycles. The zero-order valence-corrected chi connectivity index (χ0v) is 20.2. The fourth-order valence-electron chi connectivity index (χ4n) is 4.29. The Hall–Kier alpha value is -3.14. The Balaban J connectivity index is 1.43. The summed E-state index contributed by atoms with van der Waals surface area (Å²) in [5.41, 5.74) is 4.02. The van der Waals surface area contributed by atoms with Crippen LogP contribution in [-0.2, 0) is 4.79 Å². The van der Waals surface area contributed by atoms with Crippen molar-refractivity contribution in [1.29, 1.82) is 5.26 Å². The number of anilines is 1. The number of rotatable bonds is 4. The van der Waals surface area contributed by atoms with Gasteiger partial charge in [-0.05, 0) is 61.1 Å². The highest BCUT2D eigenvalue weighted by molar-refractivity contribution is 6.43. The second-order valence-corrected chi connectivity index (χ2v) is 9.44. The summed E-state index contributed by atoms with van der Waals surface area (Å²) in [6.07, 6.45) is 3.15. The molecule has 34 heavy (non-hydrogen) atoms. The molecule has 2 aromatic carbocycles. The number of hydrogen-bond donors (Lipinski definition) is 1. The highest BCUT2D eigenvalue weighted by Crippen LogP contribution is 2.30. The number of nitriles is 1. The summed E-state index contributed by atoms with van der Waals surface area (Å²) in [6, 6.07) is 15.1. The maximum Gasteiger partial charge on any atom is 0.254 e. The Bertz CT molecular complexity index is 1210. The van der Waals surface area contributed by atoms with E-state index in [2.05, 4.69) is 16.4 Å². The number of carbonyl (C=O) groups is 2. The molecule has 1 unspecified atom stereocenters. The van der Waals surface area contributed by atoms with Crippen LogP contribution in [0.1, 0.15) is 45.8 Å². The van der Waals surface area contributed by atoms with Crippen molar-refractivity contribution in [3.8, 4) is 6.07 Å². The Morgan fingerprint density at radius 1 is 1.15 bits per heavy atom. The molecule has 1 saturated heterocycles. The zero-order chi connectivity index (χ0) is 24.2. The predicted octanol–water partition coefficient (Wildman–Crippen LogP) is 5.01. The van der Waals surface area contributed by atoms with Crippen molar-refractivity contribution in [1.82, 2.24) is 4.90 Å². The summed E-state index contributed by atoms with van der Waals surface area (Å²) in [4.78, 5) is 31.9. The molecule has 2 aromatic rings. The molecule has 0 spiro atoms. The van der Waals surface area contributed by atoms with Crippen LogP contribution in [0.5, 0.6) is 0 Å². The Morgan fingerprint density at radius 3 is 2.50 bits per heavy atom. The molecule has 8 heteroatoms. The van der Waals surface area contributed by atoms with E-state index < -0.39 is 11.3 Å². The molecular weight excluding hydrogens is 471 g/mol. The summed E-state index contributed by atoms with van der Waals surface area (Å²) in [6.45, 7) is 3.45. The first-order valence-electron chi connectivity index (χ1n) is 11.1. The minimum absolute atomic E-state index is 0.0638. The van der Waals surface area contributed by atoms with E-state index in [0.717, 1.165) is 18.4 Å². The average Bonchev–Trinajstić information content (AvgIpc) is 2.85. The number of alkyl halides is 1. The molecule has 2 heterocycles. The first-order valence-corrected chi connectivity index (χ1v) is 11.9. The standard InChI is InChI=1S/C26H24Cl2N4O2/c1-16-2-5-20(12-23(16)31-25(33)24-21(27)14-30-15-22(24)28)26(34)32-10-8-19(9-11-32)18-6-3-17(13-29)4-7-18/h2-7,12,14,19,22H,8-11,15H2,1H3,(H,31,33). The molecule has 1 N–H and O–H groups in total. The van der Waals surface area contributed by atoms with Crippen LogP contribution in [0.2, 0.25) is 0 Å². The van der Waals surface area contributed by atoms with Gasteiger partial charge in [0, 0.05) is 30.6 Å². The van der Waals surface area contributed by atoms with Gasteiger partial charge >= 0.3 is 0 Å². The number of aliphatic imine (C=N–C) groups is 1. The summed E-state index contributed by atoms with van der Waals surface area (Å²) in [7, 11) is 0. The summed E-state index contributed by atoms with van der Waals surface area (Å²) >= 11 is 12.4. The van der Waals surface area contributed by atoms with E-state index in [4.69, 9.17) is 28.5 Å². The van der Waals surface area contributed by atoms with Gasteiger partial charge in [-0.3, -0.25) is 14.6 Å². The molecule has 1 atom stereocenters. The van der Waals surface area contributed by atoms with Crippen molar-refractivity contribution in [2.24, 2.45) is 4.99 Å². The van der Waals surface area contributed by atoms with Crippen molar-refractivity contribution < 1.29 is 9.59 Å². The maximum absolute atomic E-state index is 13.2. The molecule has 1 fully saturated rings. The van der Waals surface area contributed by atoms with Gasteiger partial charge in [0.25, 0.3) is 11.8 Å². The molecule has 0 aromatic heterocycles. The van der Waals surface area contributed by atoms with Crippen LogP contribution < -0.4 is 5.32 Å². The zero-order valence-electron chi connectivity index (χ0n) is 18.7. The SMILES string of the molecule is Cc1ccc(C(=O)N2CCC(c3ccc(C#N)cc3)CC2)cc1NC(=O)C1=C(Cl)C=NCC1Cl. The quantitative estimate of drug-likeness (QED) is 0.606. The molecule has 174 valence electrons. The number of dihydropyridines is 1. The Morgan fingerprint density at radius 2 is 1.85 bits per heavy atom. The van der Waals surface area contributed by atoms with Gasteiger partial charge in [-0.1, -0.05) is 29.8 Å². The largest absolute Gasteiger partial charge is 0.339 e. The minimum atomic E-state index is -0.597. The van der Waals surface area contributed by atoms with Crippen molar-refractivity contribution in [2.75, 3.05) is 25.0 Å². The molecule has 2 aliphatic rings. The molecule has 0 bridgehead atoms. The Kier molecular flexibility index (Phi) is 7.35. The monoisotopic (exact) mass is 494 g/mol. The van der Waals surface area contributed by atoms with Gasteiger partial charge < -0.3 is 10.2 Å². The fraction of sp³-hybridized carbons (Fsp3) is 0.308. The normalized spacial score (nSPS) is 18.5. The van der Waals surface area contributed by atoms with Crippen LogP contribution in [-0.4, -0.2) is 47.9 Å². The summed E-state index contributed by atoms with van der Waals surface area (Å²) in [5, 5.41) is 11.5. The number of allylic oxidation sites excluding steroid dienone is 1. The number of hydrogen-bond acceptors (Lipinski definition) is 4. The van der Waals surface area contributed by atoms with Gasteiger partial charge in [0.15, 0.2) is 0 Å². The number of benzene rings is 2. The number of aryl methyl sites for hydroxylation is 1. The van der Waals surface area contributed by atoms with Crippen LogP contribution in [0.15, 0.2) is 58.1 Å². The van der Waals surface area contributed by atoms with Crippen molar-refractivity contribution in [2.45, 2.75) is 31.1 Å². The second kappa shape index (κ2) is 10.4. The van der Waals surface area contributed by atoms with Crippen LogP contribution in [0.4, 0.5) is 5.69 Å². The van der Waals surface area contributed by atoms with Crippen LogP contribution >= 0.6 is 23.2 Å². The number of amides is 2. The highest BCUT2D eigenvalue weighted by Gasteiger charge is 2.27. The van der Waals surface area contributed by atoms with E-state index in [-0.39, 0.29) is 23.1 Å². The molecule has 2 amide bonds. The topological polar surface area (TPSA) is 85.6 Å². The van der Waals surface area contributed by atoms with Crippen molar-refractivity contribution >= 4 is 46.9 Å². The Labute approximate surface area is 208 Å². The lowest BCUT2D eigenvalue weighted by Crippen LogP contribution is -2.38. The molecule has 4 rings (SSSR count). The first kappa shape index (κ1) is 24.0. The van der Waals surface area contributed by atoms with Gasteiger partial charge in [0.1, 0.15) is 0 Å². The number of nitrogens with zero attached hydrogens (tertiary/aromatic N) is 3. The number of likely N-dealkylation sites (tertiary alicyclic amines) is 1. The van der Waals surface area contributed by atoms with Crippen molar-refractivity contribution in [3.05, 3.63) is 75.3 Å². The molecular formula is C26H24Cl2N4O2. The van der Waals surface area contributed by atoms with Crippen LogP contribution in [0.3, 0.4) is 0 Å². The molecule has 6 nitrogen and oxygen atoms in total. The molecule has 2 aliphatic heterocycles. The van der Waals surface area contributed by atoms with Crippen LogP contribution in [0, 0.1) is 18.3 Å². The van der Waals surface area contributed by atoms with Crippen LogP contribution in [0.25, 0.3) is 0 Å². The number of halogens is 2. The smallest absolute Gasteiger partial charge is 0.254 e.